The molecule has 0 bridgehead atoms. The number of anilines is 2. The topological polar surface area (TPSA) is 54.8 Å². The molecule has 0 atom stereocenters. The van der Waals surface area contributed by atoms with Crippen molar-refractivity contribution in [3.63, 3.8) is 0 Å². The lowest BCUT2D eigenvalue weighted by molar-refractivity contribution is 0.961. The number of aromatic nitrogens is 4. The fourth-order valence-corrected chi connectivity index (χ4v) is 3.08. The Morgan fingerprint density at radius 2 is 1.64 bits per heavy atom. The van der Waals surface area contributed by atoms with Crippen LogP contribution in [0.15, 0.2) is 34.8 Å². The van der Waals surface area contributed by atoms with E-state index in [1.165, 1.54) is 11.3 Å². The van der Waals surface area contributed by atoms with Gasteiger partial charge in [-0.05, 0) is 32.0 Å². The van der Waals surface area contributed by atoms with Crippen molar-refractivity contribution >= 4 is 38.3 Å². The predicted molar refractivity (Wildman–Crippen MR) is 92.6 cm³/mol. The molecule has 5 nitrogen and oxygen atoms in total. The Labute approximate surface area is 141 Å². The summed E-state index contributed by atoms with van der Waals surface area (Å²) in [6, 6.07) is 9.97. The molecule has 7 heteroatoms. The van der Waals surface area contributed by atoms with Crippen LogP contribution in [0.4, 0.5) is 11.1 Å². The molecule has 0 saturated heterocycles. The number of hydrogen-bond acceptors (Lipinski definition) is 6. The van der Waals surface area contributed by atoms with E-state index in [1.54, 1.807) is 0 Å². The fraction of sp³-hybridized carbons (Fsp3) is 0.200. The van der Waals surface area contributed by atoms with Crippen molar-refractivity contribution in [2.75, 3.05) is 11.9 Å². The Hall–Kier alpha value is -1.86. The summed E-state index contributed by atoms with van der Waals surface area (Å²) in [6.45, 7) is 3.92. The Bertz CT molecular complexity index is 780. The van der Waals surface area contributed by atoms with Crippen molar-refractivity contribution in [3.8, 4) is 10.6 Å². The average molecular weight is 376 g/mol. The second kappa shape index (κ2) is 6.10. The fourth-order valence-electron chi connectivity index (χ4n) is 2.00. The van der Waals surface area contributed by atoms with Gasteiger partial charge in [-0.3, -0.25) is 4.90 Å². The highest BCUT2D eigenvalue weighted by Crippen LogP contribution is 2.31. The van der Waals surface area contributed by atoms with Crippen LogP contribution in [-0.2, 0) is 0 Å². The standard InChI is InChI=1S/C15H14BrN5S/c1-9-8-10(2)18-14(17-9)21(3)15-20-19-13(22-15)11-4-6-12(16)7-5-11/h4-8H,1-3H3. The summed E-state index contributed by atoms with van der Waals surface area (Å²) < 4.78 is 1.04. The van der Waals surface area contributed by atoms with E-state index in [2.05, 4.69) is 36.1 Å². The maximum Gasteiger partial charge on any atom is 0.231 e. The van der Waals surface area contributed by atoms with Crippen molar-refractivity contribution < 1.29 is 0 Å². The molecule has 2 heterocycles. The Morgan fingerprint density at radius 3 is 2.27 bits per heavy atom. The van der Waals surface area contributed by atoms with E-state index in [9.17, 15) is 0 Å². The molecule has 0 aliphatic rings. The molecular weight excluding hydrogens is 362 g/mol. The SMILES string of the molecule is Cc1cc(C)nc(N(C)c2nnc(-c3ccc(Br)cc3)s2)n1. The van der Waals surface area contributed by atoms with E-state index >= 15 is 0 Å². The van der Waals surface area contributed by atoms with E-state index in [0.29, 0.717) is 5.95 Å². The first-order valence-electron chi connectivity index (χ1n) is 6.68. The van der Waals surface area contributed by atoms with Gasteiger partial charge in [0.15, 0.2) is 0 Å². The first-order chi connectivity index (χ1) is 10.5. The molecule has 0 radical (unpaired) electrons. The van der Waals surface area contributed by atoms with E-state index < -0.39 is 0 Å². The van der Waals surface area contributed by atoms with Crippen LogP contribution in [0.1, 0.15) is 11.4 Å². The average Bonchev–Trinajstić information content (AvgIpc) is 2.96. The molecule has 0 N–H and O–H groups in total. The van der Waals surface area contributed by atoms with Gasteiger partial charge in [0.2, 0.25) is 11.1 Å². The smallest absolute Gasteiger partial charge is 0.231 e. The molecule has 0 fully saturated rings. The summed E-state index contributed by atoms with van der Waals surface area (Å²) in [6.07, 6.45) is 0. The van der Waals surface area contributed by atoms with Crippen LogP contribution >= 0.6 is 27.3 Å². The van der Waals surface area contributed by atoms with Gasteiger partial charge in [-0.15, -0.1) is 10.2 Å². The molecule has 3 aromatic rings. The summed E-state index contributed by atoms with van der Waals surface area (Å²) in [5.41, 5.74) is 2.92. The van der Waals surface area contributed by atoms with Crippen LogP contribution in [0.3, 0.4) is 0 Å². The molecule has 0 amide bonds. The first-order valence-corrected chi connectivity index (χ1v) is 8.29. The molecule has 0 saturated carbocycles. The maximum absolute atomic E-state index is 4.45. The Balaban J connectivity index is 1.91. The third kappa shape index (κ3) is 3.15. The third-order valence-electron chi connectivity index (χ3n) is 3.06. The highest BCUT2D eigenvalue weighted by Gasteiger charge is 2.14. The number of benzene rings is 1. The highest BCUT2D eigenvalue weighted by molar-refractivity contribution is 9.10. The van der Waals surface area contributed by atoms with Crippen LogP contribution in [0.2, 0.25) is 0 Å². The minimum atomic E-state index is 0.635. The van der Waals surface area contributed by atoms with Gasteiger partial charge in [0.05, 0.1) is 0 Å². The summed E-state index contributed by atoms with van der Waals surface area (Å²) in [7, 11) is 1.90. The minimum Gasteiger partial charge on any atom is -0.288 e. The molecule has 0 spiro atoms. The number of aryl methyl sites for hydroxylation is 2. The van der Waals surface area contributed by atoms with E-state index in [-0.39, 0.29) is 0 Å². The lowest BCUT2D eigenvalue weighted by atomic mass is 10.2. The molecule has 2 aromatic heterocycles. The monoisotopic (exact) mass is 375 g/mol. The van der Waals surface area contributed by atoms with Crippen molar-refractivity contribution in [3.05, 3.63) is 46.2 Å². The molecule has 112 valence electrons. The van der Waals surface area contributed by atoms with Crippen LogP contribution in [0.25, 0.3) is 10.6 Å². The lowest BCUT2D eigenvalue weighted by Crippen LogP contribution is -2.13. The second-order valence-electron chi connectivity index (χ2n) is 4.91. The Kier molecular flexibility index (Phi) is 4.17. The number of halogens is 1. The predicted octanol–water partition coefficient (Wildman–Crippen LogP) is 4.14. The summed E-state index contributed by atoms with van der Waals surface area (Å²) in [5.74, 6) is 0.635. The van der Waals surface area contributed by atoms with Crippen molar-refractivity contribution in [2.45, 2.75) is 13.8 Å². The minimum absolute atomic E-state index is 0.635. The van der Waals surface area contributed by atoms with Crippen molar-refractivity contribution in [1.29, 1.82) is 0 Å². The van der Waals surface area contributed by atoms with Gasteiger partial charge in [0.1, 0.15) is 5.01 Å². The largest absolute Gasteiger partial charge is 0.288 e. The van der Waals surface area contributed by atoms with Crippen molar-refractivity contribution in [2.24, 2.45) is 0 Å². The van der Waals surface area contributed by atoms with Crippen LogP contribution in [0.5, 0.6) is 0 Å². The van der Waals surface area contributed by atoms with Gasteiger partial charge >= 0.3 is 0 Å². The summed E-state index contributed by atoms with van der Waals surface area (Å²) in [5, 5.41) is 10.2. The lowest BCUT2D eigenvalue weighted by Gasteiger charge is -2.13. The molecule has 0 aliphatic carbocycles. The summed E-state index contributed by atoms with van der Waals surface area (Å²) in [4.78, 5) is 10.8. The second-order valence-corrected chi connectivity index (χ2v) is 6.78. The number of hydrogen-bond donors (Lipinski definition) is 0. The van der Waals surface area contributed by atoms with Gasteiger partial charge in [-0.25, -0.2) is 9.97 Å². The highest BCUT2D eigenvalue weighted by atomic mass is 79.9. The van der Waals surface area contributed by atoms with Crippen LogP contribution < -0.4 is 4.90 Å². The van der Waals surface area contributed by atoms with E-state index in [0.717, 1.165) is 31.6 Å². The van der Waals surface area contributed by atoms with E-state index in [1.807, 2.05) is 56.1 Å². The molecule has 3 rings (SSSR count). The van der Waals surface area contributed by atoms with Gasteiger partial charge in [0.25, 0.3) is 0 Å². The quantitative estimate of drug-likeness (QED) is 0.688. The van der Waals surface area contributed by atoms with Gasteiger partial charge < -0.3 is 0 Å². The van der Waals surface area contributed by atoms with E-state index in [4.69, 9.17) is 0 Å². The van der Waals surface area contributed by atoms with Gasteiger partial charge in [-0.1, -0.05) is 39.4 Å². The normalized spacial score (nSPS) is 10.7. The molecule has 22 heavy (non-hydrogen) atoms. The Morgan fingerprint density at radius 1 is 1.00 bits per heavy atom. The molecular formula is C15H14BrN5S. The van der Waals surface area contributed by atoms with Gasteiger partial charge in [0, 0.05) is 28.5 Å². The number of nitrogens with zero attached hydrogens (tertiary/aromatic N) is 5. The van der Waals surface area contributed by atoms with Gasteiger partial charge in [-0.2, -0.15) is 0 Å². The zero-order valence-corrected chi connectivity index (χ0v) is 14.8. The zero-order valence-electron chi connectivity index (χ0n) is 12.4. The third-order valence-corrected chi connectivity index (χ3v) is 4.64. The van der Waals surface area contributed by atoms with Crippen LogP contribution in [-0.4, -0.2) is 27.2 Å². The summed E-state index contributed by atoms with van der Waals surface area (Å²) >= 11 is 4.95. The maximum atomic E-state index is 4.45. The molecule has 1 aromatic carbocycles. The van der Waals surface area contributed by atoms with Crippen molar-refractivity contribution in [1.82, 2.24) is 20.2 Å². The molecule has 0 aliphatic heterocycles. The zero-order chi connectivity index (χ0) is 15.7. The number of rotatable bonds is 3. The first kappa shape index (κ1) is 15.1. The molecule has 0 unspecified atom stereocenters. The van der Waals surface area contributed by atoms with Crippen LogP contribution in [0, 0.1) is 13.8 Å².